The van der Waals surface area contributed by atoms with Gasteiger partial charge in [-0.05, 0) is 25.8 Å². The number of para-hydroxylation sites is 1. The highest BCUT2D eigenvalue weighted by Gasteiger charge is 2.21. The molecular formula is C17H23N3O2. The Balaban J connectivity index is 1.79. The molecule has 2 aromatic rings. The summed E-state index contributed by atoms with van der Waals surface area (Å²) in [6.07, 6.45) is 2.12. The van der Waals surface area contributed by atoms with Crippen LogP contribution in [0.3, 0.4) is 0 Å². The Labute approximate surface area is 131 Å². The Hall–Kier alpha value is -2.01. The normalized spacial score (nSPS) is 17.5. The average molecular weight is 301 g/mol. The number of rotatable bonds is 4. The van der Waals surface area contributed by atoms with Crippen molar-refractivity contribution >= 4 is 0 Å². The first kappa shape index (κ1) is 14.9. The third-order valence-corrected chi connectivity index (χ3v) is 4.20. The number of fused-ring (bicyclic) bond motifs is 1. The molecule has 0 saturated heterocycles. The summed E-state index contributed by atoms with van der Waals surface area (Å²) < 4.78 is 13.1. The molecule has 1 aliphatic heterocycles. The SMILES string of the molecule is COc1c(CNC2CCCOc3ccccc32)c(C)nn1C. The number of benzene rings is 1. The lowest BCUT2D eigenvalue weighted by molar-refractivity contribution is 0.315. The van der Waals surface area contributed by atoms with Gasteiger partial charge in [0, 0.05) is 25.2 Å². The average Bonchev–Trinajstić information content (AvgIpc) is 2.69. The third-order valence-electron chi connectivity index (χ3n) is 4.20. The largest absolute Gasteiger partial charge is 0.493 e. The van der Waals surface area contributed by atoms with Crippen molar-refractivity contribution in [1.29, 1.82) is 0 Å². The van der Waals surface area contributed by atoms with Gasteiger partial charge in [-0.15, -0.1) is 0 Å². The highest BCUT2D eigenvalue weighted by molar-refractivity contribution is 5.37. The number of hydrogen-bond acceptors (Lipinski definition) is 4. The van der Waals surface area contributed by atoms with Crippen molar-refractivity contribution in [2.45, 2.75) is 32.4 Å². The van der Waals surface area contributed by atoms with Crippen LogP contribution < -0.4 is 14.8 Å². The minimum atomic E-state index is 0.294. The fourth-order valence-electron chi connectivity index (χ4n) is 3.10. The van der Waals surface area contributed by atoms with Gasteiger partial charge in [0.05, 0.1) is 25.0 Å². The zero-order valence-electron chi connectivity index (χ0n) is 13.4. The Kier molecular flexibility index (Phi) is 4.34. The second kappa shape index (κ2) is 6.40. The molecule has 1 aliphatic rings. The molecule has 0 bridgehead atoms. The van der Waals surface area contributed by atoms with Gasteiger partial charge < -0.3 is 14.8 Å². The molecule has 1 atom stereocenters. The number of aryl methyl sites for hydroxylation is 2. The standard InChI is InChI=1S/C17H23N3O2/c1-12-14(17(21-3)20(2)19-12)11-18-15-8-6-10-22-16-9-5-4-7-13(15)16/h4-5,7,9,15,18H,6,8,10-11H2,1-3H3. The van der Waals surface area contributed by atoms with E-state index >= 15 is 0 Å². The van der Waals surface area contributed by atoms with Gasteiger partial charge in [0.25, 0.3) is 0 Å². The first-order valence-electron chi connectivity index (χ1n) is 7.72. The van der Waals surface area contributed by atoms with Gasteiger partial charge >= 0.3 is 0 Å². The zero-order valence-corrected chi connectivity index (χ0v) is 13.4. The fourth-order valence-corrected chi connectivity index (χ4v) is 3.10. The van der Waals surface area contributed by atoms with Crippen LogP contribution in [0.2, 0.25) is 0 Å². The Bertz CT molecular complexity index is 651. The molecule has 0 aliphatic carbocycles. The maximum absolute atomic E-state index is 5.82. The molecule has 1 aromatic heterocycles. The topological polar surface area (TPSA) is 48.3 Å². The first-order valence-corrected chi connectivity index (χ1v) is 7.72. The summed E-state index contributed by atoms with van der Waals surface area (Å²) in [4.78, 5) is 0. The molecule has 1 N–H and O–H groups in total. The van der Waals surface area contributed by atoms with Crippen LogP contribution in [-0.4, -0.2) is 23.5 Å². The molecule has 0 radical (unpaired) electrons. The summed E-state index contributed by atoms with van der Waals surface area (Å²) in [7, 11) is 3.60. The molecule has 1 unspecified atom stereocenters. The van der Waals surface area contributed by atoms with Gasteiger partial charge in [-0.25, -0.2) is 4.68 Å². The minimum absolute atomic E-state index is 0.294. The van der Waals surface area contributed by atoms with Gasteiger partial charge in [0.1, 0.15) is 5.75 Å². The molecule has 0 saturated carbocycles. The fraction of sp³-hybridized carbons (Fsp3) is 0.471. The van der Waals surface area contributed by atoms with Crippen molar-refractivity contribution in [2.75, 3.05) is 13.7 Å². The maximum atomic E-state index is 5.82. The number of aromatic nitrogens is 2. The summed E-state index contributed by atoms with van der Waals surface area (Å²) in [5, 5.41) is 8.09. The number of methoxy groups -OCH3 is 1. The highest BCUT2D eigenvalue weighted by Crippen LogP contribution is 2.32. The number of nitrogens with one attached hydrogen (secondary N) is 1. The van der Waals surface area contributed by atoms with Gasteiger partial charge in [0.15, 0.2) is 0 Å². The monoisotopic (exact) mass is 301 g/mol. The van der Waals surface area contributed by atoms with Crippen LogP contribution in [0.15, 0.2) is 24.3 Å². The quantitative estimate of drug-likeness (QED) is 0.943. The predicted octanol–water partition coefficient (Wildman–Crippen LogP) is 2.74. The molecule has 1 aromatic carbocycles. The molecule has 5 heteroatoms. The van der Waals surface area contributed by atoms with E-state index in [1.54, 1.807) is 11.8 Å². The second-order valence-electron chi connectivity index (χ2n) is 5.66. The van der Waals surface area contributed by atoms with Crippen molar-refractivity contribution in [3.63, 3.8) is 0 Å². The maximum Gasteiger partial charge on any atom is 0.216 e. The Morgan fingerprint density at radius 2 is 2.23 bits per heavy atom. The third kappa shape index (κ3) is 2.81. The molecule has 5 nitrogen and oxygen atoms in total. The van der Waals surface area contributed by atoms with Gasteiger partial charge in [-0.3, -0.25) is 0 Å². The summed E-state index contributed by atoms with van der Waals surface area (Å²) in [6, 6.07) is 8.58. The van der Waals surface area contributed by atoms with E-state index in [4.69, 9.17) is 9.47 Å². The van der Waals surface area contributed by atoms with E-state index in [1.807, 2.05) is 26.1 Å². The van der Waals surface area contributed by atoms with Crippen molar-refractivity contribution in [1.82, 2.24) is 15.1 Å². The van der Waals surface area contributed by atoms with Crippen LogP contribution in [0.1, 0.15) is 35.7 Å². The van der Waals surface area contributed by atoms with E-state index in [0.29, 0.717) is 6.04 Å². The van der Waals surface area contributed by atoms with E-state index in [1.165, 1.54) is 5.56 Å². The summed E-state index contributed by atoms with van der Waals surface area (Å²) >= 11 is 0. The molecule has 118 valence electrons. The van der Waals surface area contributed by atoms with E-state index in [-0.39, 0.29) is 0 Å². The molecule has 22 heavy (non-hydrogen) atoms. The van der Waals surface area contributed by atoms with Gasteiger partial charge in [0.2, 0.25) is 5.88 Å². The smallest absolute Gasteiger partial charge is 0.216 e. The summed E-state index contributed by atoms with van der Waals surface area (Å²) in [6.45, 7) is 3.54. The molecule has 0 amide bonds. The molecule has 2 heterocycles. The van der Waals surface area contributed by atoms with E-state index < -0.39 is 0 Å². The molecule has 0 fully saturated rings. The van der Waals surface area contributed by atoms with Crippen LogP contribution in [0, 0.1) is 6.92 Å². The van der Waals surface area contributed by atoms with Crippen LogP contribution in [0.25, 0.3) is 0 Å². The van der Waals surface area contributed by atoms with Crippen LogP contribution >= 0.6 is 0 Å². The van der Waals surface area contributed by atoms with Crippen LogP contribution in [0.4, 0.5) is 0 Å². The second-order valence-corrected chi connectivity index (χ2v) is 5.66. The minimum Gasteiger partial charge on any atom is -0.493 e. The predicted molar refractivity (Wildman–Crippen MR) is 85.2 cm³/mol. The lowest BCUT2D eigenvalue weighted by atomic mass is 10.0. The van der Waals surface area contributed by atoms with E-state index in [0.717, 1.165) is 48.9 Å². The van der Waals surface area contributed by atoms with Crippen LogP contribution in [-0.2, 0) is 13.6 Å². The van der Waals surface area contributed by atoms with Gasteiger partial charge in [-0.2, -0.15) is 5.10 Å². The van der Waals surface area contributed by atoms with Crippen LogP contribution in [0.5, 0.6) is 11.6 Å². The lowest BCUT2D eigenvalue weighted by Gasteiger charge is -2.18. The summed E-state index contributed by atoms with van der Waals surface area (Å²) in [5.74, 6) is 1.82. The van der Waals surface area contributed by atoms with Gasteiger partial charge in [-0.1, -0.05) is 18.2 Å². The van der Waals surface area contributed by atoms with Crippen molar-refractivity contribution < 1.29 is 9.47 Å². The highest BCUT2D eigenvalue weighted by atomic mass is 16.5. The zero-order chi connectivity index (χ0) is 15.5. The molecular weight excluding hydrogens is 278 g/mol. The lowest BCUT2D eigenvalue weighted by Crippen LogP contribution is -2.21. The number of nitrogens with zero attached hydrogens (tertiary/aromatic N) is 2. The Morgan fingerprint density at radius 3 is 3.05 bits per heavy atom. The Morgan fingerprint density at radius 1 is 1.41 bits per heavy atom. The number of ether oxygens (including phenoxy) is 2. The van der Waals surface area contributed by atoms with E-state index in [2.05, 4.69) is 22.5 Å². The molecule has 0 spiro atoms. The van der Waals surface area contributed by atoms with Crippen molar-refractivity contribution in [2.24, 2.45) is 7.05 Å². The number of hydrogen-bond donors (Lipinski definition) is 1. The van der Waals surface area contributed by atoms with Crippen molar-refractivity contribution in [3.8, 4) is 11.6 Å². The first-order chi connectivity index (χ1) is 10.7. The molecule has 3 rings (SSSR count). The van der Waals surface area contributed by atoms with Crippen molar-refractivity contribution in [3.05, 3.63) is 41.1 Å². The van der Waals surface area contributed by atoms with E-state index in [9.17, 15) is 0 Å². The summed E-state index contributed by atoms with van der Waals surface area (Å²) in [5.41, 5.74) is 3.36.